The minimum atomic E-state index is -0.193. The van der Waals surface area contributed by atoms with Crippen molar-refractivity contribution in [3.05, 3.63) is 28.0 Å². The van der Waals surface area contributed by atoms with Crippen molar-refractivity contribution in [1.82, 2.24) is 5.32 Å². The number of hydrogen-bond acceptors (Lipinski definition) is 2. The Morgan fingerprint density at radius 2 is 2.05 bits per heavy atom. The summed E-state index contributed by atoms with van der Waals surface area (Å²) < 4.78 is 14.2. The average Bonchev–Trinajstić information content (AvgIpc) is 2.32. The lowest BCUT2D eigenvalue weighted by molar-refractivity contribution is 0.277. The van der Waals surface area contributed by atoms with Crippen molar-refractivity contribution >= 4 is 21.6 Å². The van der Waals surface area contributed by atoms with E-state index in [0.29, 0.717) is 16.4 Å². The zero-order valence-corrected chi connectivity index (χ0v) is 14.5. The van der Waals surface area contributed by atoms with Gasteiger partial charge in [-0.3, -0.25) is 0 Å². The molecule has 0 aromatic heterocycles. The Morgan fingerprint density at radius 3 is 2.65 bits per heavy atom. The highest BCUT2D eigenvalue weighted by atomic mass is 79.9. The van der Waals surface area contributed by atoms with Gasteiger partial charge in [0.15, 0.2) is 0 Å². The molecule has 1 atom stereocenters. The SMILES string of the molecule is Cc1cc(F)c(Br)cc1N1CC(C)(C)NCC1C(C)C. The van der Waals surface area contributed by atoms with E-state index in [2.05, 4.69) is 53.8 Å². The molecule has 0 spiro atoms. The minimum Gasteiger partial charge on any atom is -0.365 e. The molecule has 1 aromatic rings. The Hall–Kier alpha value is -0.610. The lowest BCUT2D eigenvalue weighted by atomic mass is 9.92. The smallest absolute Gasteiger partial charge is 0.137 e. The molecular formula is C16H24BrFN2. The van der Waals surface area contributed by atoms with E-state index in [0.717, 1.165) is 24.3 Å². The molecule has 1 saturated heterocycles. The number of benzene rings is 1. The summed E-state index contributed by atoms with van der Waals surface area (Å²) in [4.78, 5) is 2.43. The van der Waals surface area contributed by atoms with Crippen molar-refractivity contribution in [2.45, 2.75) is 46.2 Å². The zero-order valence-electron chi connectivity index (χ0n) is 12.9. The number of hydrogen-bond donors (Lipinski definition) is 1. The second kappa shape index (κ2) is 5.64. The summed E-state index contributed by atoms with van der Waals surface area (Å²) >= 11 is 3.32. The highest BCUT2D eigenvalue weighted by molar-refractivity contribution is 9.10. The molecule has 1 N–H and O–H groups in total. The molecule has 0 radical (unpaired) electrons. The second-order valence-electron chi connectivity index (χ2n) is 6.76. The molecule has 1 aliphatic heterocycles. The van der Waals surface area contributed by atoms with Gasteiger partial charge in [0.2, 0.25) is 0 Å². The number of rotatable bonds is 2. The first-order valence-electron chi connectivity index (χ1n) is 7.18. The van der Waals surface area contributed by atoms with Crippen LogP contribution < -0.4 is 10.2 Å². The van der Waals surface area contributed by atoms with Gasteiger partial charge in [-0.15, -0.1) is 0 Å². The maximum absolute atomic E-state index is 13.7. The normalized spacial score (nSPS) is 22.4. The summed E-state index contributed by atoms with van der Waals surface area (Å²) in [6.45, 7) is 12.8. The predicted octanol–water partition coefficient (Wildman–Crippen LogP) is 4.11. The fraction of sp³-hybridized carbons (Fsp3) is 0.625. The molecule has 4 heteroatoms. The van der Waals surface area contributed by atoms with Crippen molar-refractivity contribution < 1.29 is 4.39 Å². The van der Waals surface area contributed by atoms with Crippen molar-refractivity contribution in [2.75, 3.05) is 18.0 Å². The molecule has 0 aliphatic carbocycles. The zero-order chi connectivity index (χ0) is 15.1. The van der Waals surface area contributed by atoms with Gasteiger partial charge in [-0.2, -0.15) is 0 Å². The fourth-order valence-corrected chi connectivity index (χ4v) is 3.23. The molecular weight excluding hydrogens is 319 g/mol. The van der Waals surface area contributed by atoms with Crippen LogP contribution in [0.15, 0.2) is 16.6 Å². The van der Waals surface area contributed by atoms with Crippen LogP contribution in [0.4, 0.5) is 10.1 Å². The highest BCUT2D eigenvalue weighted by Gasteiger charge is 2.34. The van der Waals surface area contributed by atoms with E-state index in [-0.39, 0.29) is 11.4 Å². The van der Waals surface area contributed by atoms with E-state index in [1.54, 1.807) is 6.07 Å². The van der Waals surface area contributed by atoms with E-state index in [1.165, 1.54) is 0 Å². The maximum Gasteiger partial charge on any atom is 0.137 e. The van der Waals surface area contributed by atoms with Gasteiger partial charge in [0, 0.05) is 30.4 Å². The van der Waals surface area contributed by atoms with Crippen LogP contribution in [0.3, 0.4) is 0 Å². The Labute approximate surface area is 129 Å². The van der Waals surface area contributed by atoms with E-state index in [1.807, 2.05) is 13.0 Å². The Kier molecular flexibility index (Phi) is 4.45. The first-order valence-corrected chi connectivity index (χ1v) is 7.98. The molecule has 2 nitrogen and oxygen atoms in total. The first kappa shape index (κ1) is 15.8. The third kappa shape index (κ3) is 3.17. The molecule has 0 bridgehead atoms. The number of nitrogens with zero attached hydrogens (tertiary/aromatic N) is 1. The first-order chi connectivity index (χ1) is 9.21. The van der Waals surface area contributed by atoms with Crippen LogP contribution in [-0.2, 0) is 0 Å². The molecule has 0 saturated carbocycles. The Bertz CT molecular complexity index is 499. The molecule has 20 heavy (non-hydrogen) atoms. The molecule has 1 aliphatic rings. The van der Waals surface area contributed by atoms with Crippen LogP contribution in [0.2, 0.25) is 0 Å². The summed E-state index contributed by atoms with van der Waals surface area (Å²) in [5, 5.41) is 3.61. The summed E-state index contributed by atoms with van der Waals surface area (Å²) in [7, 11) is 0. The second-order valence-corrected chi connectivity index (χ2v) is 7.61. The minimum absolute atomic E-state index is 0.0681. The third-order valence-corrected chi connectivity index (χ3v) is 4.68. The number of aryl methyl sites for hydroxylation is 1. The predicted molar refractivity (Wildman–Crippen MR) is 86.9 cm³/mol. The van der Waals surface area contributed by atoms with Crippen molar-refractivity contribution in [2.24, 2.45) is 5.92 Å². The van der Waals surface area contributed by atoms with Gasteiger partial charge < -0.3 is 10.2 Å². The molecule has 1 heterocycles. The topological polar surface area (TPSA) is 15.3 Å². The number of nitrogens with one attached hydrogen (secondary N) is 1. The van der Waals surface area contributed by atoms with E-state index < -0.39 is 0 Å². The standard InChI is InChI=1S/C16H24BrFN2/c1-10(2)15-8-19-16(4,5)9-20(15)14-7-12(17)13(18)6-11(14)3/h6-7,10,15,19H,8-9H2,1-5H3. The lowest BCUT2D eigenvalue weighted by Crippen LogP contribution is -2.63. The summed E-state index contributed by atoms with van der Waals surface area (Å²) in [6.07, 6.45) is 0. The van der Waals surface area contributed by atoms with Crippen LogP contribution in [0.5, 0.6) is 0 Å². The van der Waals surface area contributed by atoms with Gasteiger partial charge >= 0.3 is 0 Å². The Balaban J connectivity index is 2.43. The lowest BCUT2D eigenvalue weighted by Gasteiger charge is -2.48. The van der Waals surface area contributed by atoms with Crippen LogP contribution in [0, 0.1) is 18.7 Å². The maximum atomic E-state index is 13.7. The molecule has 1 fully saturated rings. The molecule has 0 amide bonds. The molecule has 1 aromatic carbocycles. The largest absolute Gasteiger partial charge is 0.365 e. The quantitative estimate of drug-likeness (QED) is 0.869. The third-order valence-electron chi connectivity index (χ3n) is 4.07. The fourth-order valence-electron chi connectivity index (χ4n) is 2.89. The van der Waals surface area contributed by atoms with Gasteiger partial charge in [0.25, 0.3) is 0 Å². The monoisotopic (exact) mass is 342 g/mol. The molecule has 1 unspecified atom stereocenters. The van der Waals surface area contributed by atoms with Crippen LogP contribution in [0.25, 0.3) is 0 Å². The summed E-state index contributed by atoms with van der Waals surface area (Å²) in [6, 6.07) is 3.96. The average molecular weight is 343 g/mol. The number of piperazine rings is 1. The summed E-state index contributed by atoms with van der Waals surface area (Å²) in [5.74, 6) is 0.351. The van der Waals surface area contributed by atoms with Gasteiger partial charge in [0.05, 0.1) is 4.47 Å². The van der Waals surface area contributed by atoms with E-state index in [4.69, 9.17) is 0 Å². The van der Waals surface area contributed by atoms with Crippen molar-refractivity contribution in [1.29, 1.82) is 0 Å². The van der Waals surface area contributed by atoms with Crippen LogP contribution in [-0.4, -0.2) is 24.7 Å². The Morgan fingerprint density at radius 1 is 1.40 bits per heavy atom. The van der Waals surface area contributed by atoms with Crippen molar-refractivity contribution in [3.63, 3.8) is 0 Å². The van der Waals surface area contributed by atoms with E-state index >= 15 is 0 Å². The van der Waals surface area contributed by atoms with E-state index in [9.17, 15) is 4.39 Å². The van der Waals surface area contributed by atoms with Crippen molar-refractivity contribution in [3.8, 4) is 0 Å². The van der Waals surface area contributed by atoms with Gasteiger partial charge in [-0.1, -0.05) is 13.8 Å². The van der Waals surface area contributed by atoms with Crippen LogP contribution >= 0.6 is 15.9 Å². The number of halogens is 2. The molecule has 2 rings (SSSR count). The molecule has 112 valence electrons. The van der Waals surface area contributed by atoms with Gasteiger partial charge in [-0.25, -0.2) is 4.39 Å². The van der Waals surface area contributed by atoms with Gasteiger partial charge in [0.1, 0.15) is 5.82 Å². The van der Waals surface area contributed by atoms with Gasteiger partial charge in [-0.05, 0) is 60.3 Å². The summed E-state index contributed by atoms with van der Waals surface area (Å²) in [5.41, 5.74) is 2.19. The number of anilines is 1. The van der Waals surface area contributed by atoms with Crippen LogP contribution in [0.1, 0.15) is 33.3 Å². The highest BCUT2D eigenvalue weighted by Crippen LogP contribution is 2.32.